The molecule has 148 valence electrons. The molecule has 0 atom stereocenters. The van der Waals surface area contributed by atoms with Crippen LogP contribution in [0.5, 0.6) is 0 Å². The van der Waals surface area contributed by atoms with E-state index in [0.717, 1.165) is 6.21 Å². The maximum atomic E-state index is 12.3. The lowest BCUT2D eigenvalue weighted by Gasteiger charge is -2.13. The second-order valence-electron chi connectivity index (χ2n) is 6.05. The number of carbonyl (C=O) groups is 2. The Labute approximate surface area is 172 Å². The third-order valence-corrected chi connectivity index (χ3v) is 4.14. The first-order valence-corrected chi connectivity index (χ1v) is 9.12. The Hall–Kier alpha value is -1.76. The Balaban J connectivity index is 3.37. The number of aliphatic imine (C=N–C) groups is 1. The second-order valence-corrected chi connectivity index (χ2v) is 7.21. The summed E-state index contributed by atoms with van der Waals surface area (Å²) in [6, 6.07) is 1.33. The van der Waals surface area contributed by atoms with Crippen LogP contribution in [0.3, 0.4) is 0 Å². The van der Waals surface area contributed by atoms with Crippen molar-refractivity contribution < 1.29 is 24.2 Å². The molecule has 1 N–H and O–H groups in total. The maximum Gasteiger partial charge on any atom is 0.343 e. The van der Waals surface area contributed by atoms with E-state index < -0.39 is 18.0 Å². The van der Waals surface area contributed by atoms with Crippen molar-refractivity contribution in [2.45, 2.75) is 46.8 Å². The molecule has 0 saturated heterocycles. The van der Waals surface area contributed by atoms with E-state index in [2.05, 4.69) is 4.99 Å². The molecular formula is C18H20Cl3NO5. The van der Waals surface area contributed by atoms with E-state index in [9.17, 15) is 14.7 Å². The number of halogens is 3. The van der Waals surface area contributed by atoms with Gasteiger partial charge in [-0.25, -0.2) is 9.59 Å². The van der Waals surface area contributed by atoms with Crippen molar-refractivity contribution in [1.82, 2.24) is 0 Å². The monoisotopic (exact) mass is 435 g/mol. The highest BCUT2D eigenvalue weighted by Gasteiger charge is 2.23. The molecule has 1 rings (SSSR count). The lowest BCUT2D eigenvalue weighted by atomic mass is 10.2. The largest absolute Gasteiger partial charge is 0.512 e. The van der Waals surface area contributed by atoms with Crippen molar-refractivity contribution >= 4 is 58.6 Å². The third-order valence-electron chi connectivity index (χ3n) is 2.97. The molecule has 0 amide bonds. The Morgan fingerprint density at radius 2 is 1.63 bits per heavy atom. The van der Waals surface area contributed by atoms with Crippen LogP contribution in [0.2, 0.25) is 15.1 Å². The van der Waals surface area contributed by atoms with E-state index >= 15 is 0 Å². The van der Waals surface area contributed by atoms with Gasteiger partial charge in [0.1, 0.15) is 16.9 Å². The lowest BCUT2D eigenvalue weighted by Crippen LogP contribution is -2.15. The number of esters is 2. The van der Waals surface area contributed by atoms with E-state index in [-0.39, 0.29) is 43.8 Å². The molecule has 0 aromatic heterocycles. The van der Waals surface area contributed by atoms with Gasteiger partial charge >= 0.3 is 11.9 Å². The summed E-state index contributed by atoms with van der Waals surface area (Å²) >= 11 is 18.4. The van der Waals surface area contributed by atoms with E-state index in [1.165, 1.54) is 13.0 Å². The summed E-state index contributed by atoms with van der Waals surface area (Å²) in [7, 11) is 0. The first-order chi connectivity index (χ1) is 12.5. The quantitative estimate of drug-likeness (QED) is 0.203. The molecule has 27 heavy (non-hydrogen) atoms. The van der Waals surface area contributed by atoms with E-state index in [1.54, 1.807) is 27.7 Å². The number of hydrogen-bond donors (Lipinski definition) is 1. The number of benzene rings is 1. The first-order valence-electron chi connectivity index (χ1n) is 7.99. The van der Waals surface area contributed by atoms with Crippen molar-refractivity contribution in [3.63, 3.8) is 0 Å². The van der Waals surface area contributed by atoms with Crippen LogP contribution in [0, 0.1) is 0 Å². The summed E-state index contributed by atoms with van der Waals surface area (Å²) in [5.74, 6) is -1.81. The number of carbonyl (C=O) groups excluding carboxylic acids is 2. The van der Waals surface area contributed by atoms with Crippen LogP contribution in [0.4, 0.5) is 5.69 Å². The summed E-state index contributed by atoms with van der Waals surface area (Å²) in [5.41, 5.74) is -0.238. The van der Waals surface area contributed by atoms with Gasteiger partial charge in [0.2, 0.25) is 0 Å². The number of allylic oxidation sites excluding steroid dienone is 1. The molecule has 6 nitrogen and oxygen atoms in total. The number of nitrogens with zero attached hydrogens (tertiary/aromatic N) is 1. The summed E-state index contributed by atoms with van der Waals surface area (Å²) in [6.07, 6.45) is 0.294. The van der Waals surface area contributed by atoms with E-state index in [4.69, 9.17) is 44.3 Å². The molecule has 0 aliphatic rings. The van der Waals surface area contributed by atoms with Crippen LogP contribution in [-0.4, -0.2) is 35.5 Å². The normalized spacial score (nSPS) is 12.5. The molecule has 0 saturated carbocycles. The minimum Gasteiger partial charge on any atom is -0.512 e. The van der Waals surface area contributed by atoms with Gasteiger partial charge in [0, 0.05) is 6.21 Å². The van der Waals surface area contributed by atoms with Gasteiger partial charge in [0.05, 0.1) is 33.0 Å². The topological polar surface area (TPSA) is 85.2 Å². The average Bonchev–Trinajstić information content (AvgIpc) is 2.50. The van der Waals surface area contributed by atoms with Gasteiger partial charge < -0.3 is 14.6 Å². The zero-order valence-electron chi connectivity index (χ0n) is 15.5. The van der Waals surface area contributed by atoms with Crippen LogP contribution in [0.1, 0.15) is 45.0 Å². The smallest absolute Gasteiger partial charge is 0.343 e. The summed E-state index contributed by atoms with van der Waals surface area (Å²) < 4.78 is 10.2. The minimum atomic E-state index is -0.760. The molecule has 1 aromatic carbocycles. The minimum absolute atomic E-state index is 0.0277. The van der Waals surface area contributed by atoms with Gasteiger partial charge in [-0.1, -0.05) is 34.8 Å². The average molecular weight is 437 g/mol. The zero-order chi connectivity index (χ0) is 20.9. The van der Waals surface area contributed by atoms with Crippen molar-refractivity contribution in [3.8, 4) is 0 Å². The fourth-order valence-corrected chi connectivity index (χ4v) is 2.59. The molecule has 0 spiro atoms. The maximum absolute atomic E-state index is 12.3. The van der Waals surface area contributed by atoms with Gasteiger partial charge in [-0.3, -0.25) is 4.99 Å². The van der Waals surface area contributed by atoms with Gasteiger partial charge in [-0.15, -0.1) is 0 Å². The van der Waals surface area contributed by atoms with Crippen LogP contribution in [0.15, 0.2) is 22.4 Å². The van der Waals surface area contributed by atoms with Crippen molar-refractivity contribution in [2.24, 2.45) is 4.99 Å². The number of hydrogen-bond acceptors (Lipinski definition) is 6. The molecule has 0 aliphatic carbocycles. The SMILES string of the molecule is CC(O)=C(C=Nc1cc(Cl)c(Cl)c(C(=O)OC(C)C)c1Cl)C(=O)OC(C)C. The predicted molar refractivity (Wildman–Crippen MR) is 107 cm³/mol. The van der Waals surface area contributed by atoms with Crippen molar-refractivity contribution in [2.75, 3.05) is 0 Å². The standard InChI is InChI=1S/C18H20Cl3NO5/c1-8(2)26-17(24)11(10(5)23)7-22-13-6-12(19)15(20)14(16(13)21)18(25)27-9(3)4/h6-9,23H,1-5H3. The highest BCUT2D eigenvalue weighted by molar-refractivity contribution is 6.47. The van der Waals surface area contributed by atoms with Crippen LogP contribution < -0.4 is 0 Å². The highest BCUT2D eigenvalue weighted by Crippen LogP contribution is 2.39. The van der Waals surface area contributed by atoms with E-state index in [0.29, 0.717) is 0 Å². The molecule has 0 unspecified atom stereocenters. The lowest BCUT2D eigenvalue weighted by molar-refractivity contribution is -0.142. The van der Waals surface area contributed by atoms with E-state index in [1.807, 2.05) is 0 Å². The molecular weight excluding hydrogens is 417 g/mol. The fourth-order valence-electron chi connectivity index (χ4n) is 1.84. The summed E-state index contributed by atoms with van der Waals surface area (Å²) in [5, 5.41) is 9.58. The number of aliphatic hydroxyl groups is 1. The molecule has 0 radical (unpaired) electrons. The van der Waals surface area contributed by atoms with Crippen molar-refractivity contribution in [1.29, 1.82) is 0 Å². The third kappa shape index (κ3) is 6.41. The van der Waals surface area contributed by atoms with Crippen LogP contribution in [0.25, 0.3) is 0 Å². The van der Waals surface area contributed by atoms with Gasteiger partial charge in [-0.05, 0) is 40.7 Å². The molecule has 1 aromatic rings. The second kappa shape index (κ2) is 9.97. The number of ether oxygens (including phenoxy) is 2. The first kappa shape index (κ1) is 23.3. The highest BCUT2D eigenvalue weighted by atomic mass is 35.5. The van der Waals surface area contributed by atoms with Crippen LogP contribution >= 0.6 is 34.8 Å². The van der Waals surface area contributed by atoms with Gasteiger partial charge in [0.15, 0.2) is 0 Å². The molecule has 9 heteroatoms. The Bertz CT molecular complexity index is 797. The number of aliphatic hydroxyl groups excluding tert-OH is 1. The molecule has 0 heterocycles. The summed E-state index contributed by atoms with van der Waals surface area (Å²) in [6.45, 7) is 7.99. The Morgan fingerprint density at radius 1 is 1.07 bits per heavy atom. The fraction of sp³-hybridized carbons (Fsp3) is 0.389. The Morgan fingerprint density at radius 3 is 2.11 bits per heavy atom. The van der Waals surface area contributed by atoms with Crippen LogP contribution in [-0.2, 0) is 14.3 Å². The zero-order valence-corrected chi connectivity index (χ0v) is 17.7. The molecule has 0 bridgehead atoms. The van der Waals surface area contributed by atoms with Gasteiger partial charge in [0.25, 0.3) is 0 Å². The molecule has 0 fully saturated rings. The number of rotatable bonds is 6. The van der Waals surface area contributed by atoms with Crippen molar-refractivity contribution in [3.05, 3.63) is 38.0 Å². The van der Waals surface area contributed by atoms with Gasteiger partial charge in [-0.2, -0.15) is 0 Å². The summed E-state index contributed by atoms with van der Waals surface area (Å²) in [4.78, 5) is 28.3. The predicted octanol–water partition coefficient (Wildman–Crippen LogP) is 5.70. The Kier molecular flexibility index (Phi) is 8.59. The molecule has 0 aliphatic heterocycles.